The molecule has 1 aromatic heterocycles. The Bertz CT molecular complexity index is 1090. The second-order valence-electron chi connectivity index (χ2n) is 7.94. The van der Waals surface area contributed by atoms with Gasteiger partial charge in [-0.05, 0) is 50.5 Å². The van der Waals surface area contributed by atoms with E-state index >= 15 is 0 Å². The van der Waals surface area contributed by atoms with Crippen molar-refractivity contribution in [3.63, 3.8) is 0 Å². The largest absolute Gasteiger partial charge is 0.477 e. The Labute approximate surface area is 186 Å². The van der Waals surface area contributed by atoms with Crippen LogP contribution in [0.4, 0.5) is 4.39 Å². The van der Waals surface area contributed by atoms with E-state index in [4.69, 9.17) is 10.2 Å². The molecule has 0 saturated carbocycles. The Morgan fingerprint density at radius 1 is 1.09 bits per heavy atom. The molecule has 7 heteroatoms. The van der Waals surface area contributed by atoms with Gasteiger partial charge < -0.3 is 15.3 Å². The lowest BCUT2D eigenvalue weighted by Gasteiger charge is -2.15. The number of unbranched alkanes of at least 4 members (excludes halogenated alkanes) is 1. The molecule has 3 N–H and O–H groups in total. The van der Waals surface area contributed by atoms with Crippen LogP contribution in [0.15, 0.2) is 60.7 Å². The molecular weight excluding hydrogens is 411 g/mol. The van der Waals surface area contributed by atoms with Crippen molar-refractivity contribution in [1.82, 2.24) is 9.78 Å². The zero-order valence-corrected chi connectivity index (χ0v) is 18.1. The Balaban J connectivity index is 2.01. The third-order valence-electron chi connectivity index (χ3n) is 5.13. The van der Waals surface area contributed by atoms with Gasteiger partial charge in [-0.1, -0.05) is 48.5 Å². The van der Waals surface area contributed by atoms with Crippen LogP contribution in [0.5, 0.6) is 0 Å². The molecule has 32 heavy (non-hydrogen) atoms. The minimum absolute atomic E-state index is 0.0563. The van der Waals surface area contributed by atoms with Crippen molar-refractivity contribution in [2.75, 3.05) is 0 Å². The number of allylic oxidation sites excluding steroid dienone is 1. The molecule has 6 nitrogen and oxygen atoms in total. The molecule has 0 aliphatic carbocycles. The summed E-state index contributed by atoms with van der Waals surface area (Å²) >= 11 is 0. The number of carboxylic acid groups (broad SMARTS) is 1. The molecule has 0 atom stereocenters. The highest BCUT2D eigenvalue weighted by atomic mass is 19.1. The fourth-order valence-electron chi connectivity index (χ4n) is 3.47. The van der Waals surface area contributed by atoms with Gasteiger partial charge in [0.25, 0.3) is 5.79 Å². The highest BCUT2D eigenvalue weighted by Gasteiger charge is 2.31. The maximum absolute atomic E-state index is 13.6. The summed E-state index contributed by atoms with van der Waals surface area (Å²) in [6.45, 7) is 4.04. The number of nitrogens with zero attached hydrogens (tertiary/aromatic N) is 2. The van der Waals surface area contributed by atoms with Crippen LogP contribution >= 0.6 is 0 Å². The Kier molecular flexibility index (Phi) is 7.22. The zero-order chi connectivity index (χ0) is 23.3. The van der Waals surface area contributed by atoms with Crippen molar-refractivity contribution in [2.24, 2.45) is 0 Å². The summed E-state index contributed by atoms with van der Waals surface area (Å²) in [5.74, 6) is -4.71. The lowest BCUT2D eigenvalue weighted by atomic mass is 9.98. The lowest BCUT2D eigenvalue weighted by Crippen LogP contribution is -2.37. The van der Waals surface area contributed by atoms with E-state index in [1.54, 1.807) is 12.1 Å². The monoisotopic (exact) mass is 438 g/mol. The summed E-state index contributed by atoms with van der Waals surface area (Å²) in [4.78, 5) is 10.8. The number of carbonyl (C=O) groups is 1. The highest BCUT2D eigenvalue weighted by molar-refractivity contribution is 5.86. The standard InChI is InChI=1S/C25H27FN2O4/c1-17(2)28-21(11-7-4-8-16-25(31,32)24(29)30)22(18-12-14-20(26)15-13-18)23(27-28)19-9-5-3-6-10-19/h3,5-7,9-15,17,31-32H,4,8,16H2,1-2H3,(H,29,30)/b11-7+. The van der Waals surface area contributed by atoms with Crippen molar-refractivity contribution in [1.29, 1.82) is 0 Å². The van der Waals surface area contributed by atoms with E-state index in [-0.39, 0.29) is 24.7 Å². The van der Waals surface area contributed by atoms with Crippen molar-refractivity contribution < 1.29 is 24.5 Å². The minimum Gasteiger partial charge on any atom is -0.477 e. The first-order valence-electron chi connectivity index (χ1n) is 10.5. The normalized spacial score (nSPS) is 12.1. The fourth-order valence-corrected chi connectivity index (χ4v) is 3.47. The molecule has 0 aliphatic rings. The van der Waals surface area contributed by atoms with E-state index in [1.165, 1.54) is 12.1 Å². The van der Waals surface area contributed by atoms with Gasteiger partial charge in [-0.25, -0.2) is 9.18 Å². The number of aromatic nitrogens is 2. The van der Waals surface area contributed by atoms with Gasteiger partial charge in [0.2, 0.25) is 0 Å². The van der Waals surface area contributed by atoms with Gasteiger partial charge in [-0.2, -0.15) is 5.10 Å². The molecule has 0 aliphatic heterocycles. The highest BCUT2D eigenvalue weighted by Crippen LogP contribution is 2.36. The van der Waals surface area contributed by atoms with Crippen LogP contribution in [0.2, 0.25) is 0 Å². The summed E-state index contributed by atoms with van der Waals surface area (Å²) in [5, 5.41) is 32.6. The molecule has 0 amide bonds. The topological polar surface area (TPSA) is 95.6 Å². The number of benzene rings is 2. The predicted molar refractivity (Wildman–Crippen MR) is 121 cm³/mol. The first kappa shape index (κ1) is 23.4. The Morgan fingerprint density at radius 2 is 1.75 bits per heavy atom. The van der Waals surface area contributed by atoms with Crippen molar-refractivity contribution in [3.05, 3.63) is 72.2 Å². The first-order chi connectivity index (χ1) is 15.2. The SMILES string of the molecule is CC(C)n1nc(-c2ccccc2)c(-c2ccc(F)cc2)c1/C=C/CCCC(O)(O)C(=O)O. The van der Waals surface area contributed by atoms with Crippen LogP contribution in [-0.4, -0.2) is 36.9 Å². The van der Waals surface area contributed by atoms with E-state index in [0.29, 0.717) is 6.42 Å². The van der Waals surface area contributed by atoms with Gasteiger partial charge in [0.1, 0.15) is 11.5 Å². The molecular formula is C25H27FN2O4. The number of halogens is 1. The number of hydrogen-bond acceptors (Lipinski definition) is 4. The van der Waals surface area contributed by atoms with Gasteiger partial charge in [-0.3, -0.25) is 4.68 Å². The van der Waals surface area contributed by atoms with Crippen LogP contribution in [0, 0.1) is 5.82 Å². The molecule has 1 heterocycles. The molecule has 0 spiro atoms. The number of aliphatic hydroxyl groups is 2. The van der Waals surface area contributed by atoms with Crippen LogP contribution in [-0.2, 0) is 4.79 Å². The van der Waals surface area contributed by atoms with E-state index < -0.39 is 11.8 Å². The maximum atomic E-state index is 13.6. The van der Waals surface area contributed by atoms with Crippen molar-refractivity contribution in [3.8, 4) is 22.4 Å². The first-order valence-corrected chi connectivity index (χ1v) is 10.5. The van der Waals surface area contributed by atoms with E-state index in [0.717, 1.165) is 28.1 Å². The molecule has 168 valence electrons. The summed E-state index contributed by atoms with van der Waals surface area (Å²) in [7, 11) is 0. The quantitative estimate of drug-likeness (QED) is 0.327. The number of rotatable bonds is 9. The summed E-state index contributed by atoms with van der Waals surface area (Å²) < 4.78 is 15.5. The number of aliphatic carboxylic acids is 1. The Hall–Kier alpha value is -3.29. The fraction of sp³-hybridized carbons (Fsp3) is 0.280. The summed E-state index contributed by atoms with van der Waals surface area (Å²) in [6.07, 6.45) is 4.20. The summed E-state index contributed by atoms with van der Waals surface area (Å²) in [5.41, 5.74) is 4.24. The second kappa shape index (κ2) is 9.89. The lowest BCUT2D eigenvalue weighted by molar-refractivity contribution is -0.205. The average molecular weight is 438 g/mol. The Morgan fingerprint density at radius 3 is 2.34 bits per heavy atom. The number of hydrogen-bond donors (Lipinski definition) is 3. The van der Waals surface area contributed by atoms with E-state index in [9.17, 15) is 19.4 Å². The van der Waals surface area contributed by atoms with Gasteiger partial charge in [0, 0.05) is 23.6 Å². The molecule has 2 aromatic carbocycles. The van der Waals surface area contributed by atoms with Crippen molar-refractivity contribution >= 4 is 12.0 Å². The van der Waals surface area contributed by atoms with Crippen LogP contribution in [0.1, 0.15) is 44.8 Å². The number of carboxylic acids is 1. The van der Waals surface area contributed by atoms with Gasteiger partial charge in [0.05, 0.1) is 5.69 Å². The molecule has 0 fully saturated rings. The molecule has 3 aromatic rings. The van der Waals surface area contributed by atoms with Crippen molar-refractivity contribution in [2.45, 2.75) is 44.9 Å². The third-order valence-corrected chi connectivity index (χ3v) is 5.13. The van der Waals surface area contributed by atoms with Gasteiger partial charge >= 0.3 is 5.97 Å². The smallest absolute Gasteiger partial charge is 0.364 e. The van der Waals surface area contributed by atoms with E-state index in [2.05, 4.69) is 0 Å². The van der Waals surface area contributed by atoms with Crippen LogP contribution in [0.3, 0.4) is 0 Å². The van der Waals surface area contributed by atoms with Gasteiger partial charge in [0.15, 0.2) is 0 Å². The average Bonchev–Trinajstić information content (AvgIpc) is 3.14. The second-order valence-corrected chi connectivity index (χ2v) is 7.94. The predicted octanol–water partition coefficient (Wildman–Crippen LogP) is 4.89. The molecule has 3 rings (SSSR count). The van der Waals surface area contributed by atoms with E-state index in [1.807, 2.05) is 61.0 Å². The summed E-state index contributed by atoms with van der Waals surface area (Å²) in [6, 6.07) is 16.1. The molecule has 0 saturated heterocycles. The molecule has 0 bridgehead atoms. The van der Waals surface area contributed by atoms with Crippen LogP contribution in [0.25, 0.3) is 28.5 Å². The molecule has 0 unspecified atom stereocenters. The van der Waals surface area contributed by atoms with Crippen LogP contribution < -0.4 is 0 Å². The zero-order valence-electron chi connectivity index (χ0n) is 18.1. The minimum atomic E-state index is -2.73. The maximum Gasteiger partial charge on any atom is 0.364 e. The third kappa shape index (κ3) is 5.30. The molecule has 0 radical (unpaired) electrons. The van der Waals surface area contributed by atoms with Gasteiger partial charge in [-0.15, -0.1) is 0 Å².